The van der Waals surface area contributed by atoms with E-state index < -0.39 is 15.5 Å². The van der Waals surface area contributed by atoms with E-state index in [4.69, 9.17) is 9.44 Å². The van der Waals surface area contributed by atoms with Crippen LogP contribution in [0.5, 0.6) is 0 Å². The maximum absolute atomic E-state index is 10.9. The van der Waals surface area contributed by atoms with Gasteiger partial charge in [-0.3, -0.25) is 4.18 Å². The van der Waals surface area contributed by atoms with E-state index in [2.05, 4.69) is 6.07 Å². The molecule has 0 aliphatic heterocycles. The van der Waals surface area contributed by atoms with Crippen molar-refractivity contribution in [3.8, 4) is 6.07 Å². The molecule has 0 amide bonds. The predicted molar refractivity (Wildman–Crippen MR) is 51.9 cm³/mol. The van der Waals surface area contributed by atoms with Crippen molar-refractivity contribution in [2.24, 2.45) is 5.41 Å². The molecule has 0 saturated heterocycles. The highest BCUT2D eigenvalue weighted by Crippen LogP contribution is 2.36. The molecule has 0 heterocycles. The molecule has 0 bridgehead atoms. The van der Waals surface area contributed by atoms with E-state index in [0.29, 0.717) is 6.42 Å². The van der Waals surface area contributed by atoms with Crippen molar-refractivity contribution < 1.29 is 12.6 Å². The summed E-state index contributed by atoms with van der Waals surface area (Å²) in [6, 6.07) is 2.22. The molecule has 2 unspecified atom stereocenters. The summed E-state index contributed by atoms with van der Waals surface area (Å²) >= 11 is 0. The lowest BCUT2D eigenvalue weighted by atomic mass is 9.76. The largest absolute Gasteiger partial charge is 0.267 e. The Bertz CT molecular complexity index is 344. The number of nitriles is 1. The molecule has 80 valence electrons. The van der Waals surface area contributed by atoms with Gasteiger partial charge < -0.3 is 0 Å². The van der Waals surface area contributed by atoms with Crippen molar-refractivity contribution in [3.05, 3.63) is 0 Å². The lowest BCUT2D eigenvalue weighted by molar-refractivity contribution is 0.110. The molecule has 1 rings (SSSR count). The summed E-state index contributed by atoms with van der Waals surface area (Å²) in [5, 5.41) is 8.91. The van der Waals surface area contributed by atoms with E-state index in [1.807, 2.05) is 6.92 Å². The van der Waals surface area contributed by atoms with Crippen LogP contribution < -0.4 is 0 Å². The number of rotatable bonds is 2. The van der Waals surface area contributed by atoms with Crippen LogP contribution in [0.3, 0.4) is 0 Å². The molecule has 1 fully saturated rings. The first-order valence-electron chi connectivity index (χ1n) is 4.64. The van der Waals surface area contributed by atoms with Crippen molar-refractivity contribution in [1.29, 1.82) is 5.26 Å². The van der Waals surface area contributed by atoms with Gasteiger partial charge >= 0.3 is 0 Å². The molecule has 4 nitrogen and oxygen atoms in total. The summed E-state index contributed by atoms with van der Waals surface area (Å²) in [5.74, 6) is 0. The number of hydrogen-bond acceptors (Lipinski definition) is 4. The lowest BCUT2D eigenvalue weighted by Gasteiger charge is -2.31. The number of nitrogens with zero attached hydrogens (tertiary/aromatic N) is 1. The third-order valence-corrected chi connectivity index (χ3v) is 3.14. The zero-order valence-corrected chi connectivity index (χ0v) is 9.30. The molecule has 2 atom stereocenters. The van der Waals surface area contributed by atoms with Crippen LogP contribution >= 0.6 is 0 Å². The topological polar surface area (TPSA) is 67.2 Å². The van der Waals surface area contributed by atoms with Crippen LogP contribution in [0.15, 0.2) is 0 Å². The Morgan fingerprint density at radius 2 is 2.21 bits per heavy atom. The van der Waals surface area contributed by atoms with Crippen LogP contribution in [0.25, 0.3) is 0 Å². The van der Waals surface area contributed by atoms with E-state index in [1.54, 1.807) is 0 Å². The molecule has 1 aliphatic rings. The summed E-state index contributed by atoms with van der Waals surface area (Å²) in [6.07, 6.45) is 3.65. The van der Waals surface area contributed by atoms with Gasteiger partial charge in [-0.15, -0.1) is 0 Å². The Morgan fingerprint density at radius 3 is 2.71 bits per heavy atom. The molecule has 5 heteroatoms. The summed E-state index contributed by atoms with van der Waals surface area (Å²) in [6.45, 7) is 1.85. The van der Waals surface area contributed by atoms with E-state index in [1.165, 1.54) is 0 Å². The average Bonchev–Trinajstić information content (AvgIpc) is 2.01. The summed E-state index contributed by atoms with van der Waals surface area (Å²) in [7, 11) is -3.39. The summed E-state index contributed by atoms with van der Waals surface area (Å²) < 4.78 is 26.7. The molecule has 0 N–H and O–H groups in total. The minimum Gasteiger partial charge on any atom is -0.267 e. The van der Waals surface area contributed by atoms with Crippen molar-refractivity contribution in [1.82, 2.24) is 0 Å². The standard InChI is InChI=1S/C9H15NO3S/c1-9(7-10)5-3-4-8(6-9)13-14(2,11)12/h8H,3-6H2,1-2H3. The first kappa shape index (κ1) is 11.5. The van der Waals surface area contributed by atoms with Crippen LogP contribution in [0.2, 0.25) is 0 Å². The van der Waals surface area contributed by atoms with Crippen LogP contribution in [-0.4, -0.2) is 20.8 Å². The quantitative estimate of drug-likeness (QED) is 0.656. The van der Waals surface area contributed by atoms with Crippen molar-refractivity contribution >= 4 is 10.1 Å². The van der Waals surface area contributed by atoms with Gasteiger partial charge in [-0.25, -0.2) is 0 Å². The predicted octanol–water partition coefficient (Wildman–Crippen LogP) is 1.44. The van der Waals surface area contributed by atoms with Crippen LogP contribution in [0, 0.1) is 16.7 Å². The van der Waals surface area contributed by atoms with Gasteiger partial charge in [0, 0.05) is 0 Å². The molecule has 14 heavy (non-hydrogen) atoms. The Kier molecular flexibility index (Phi) is 3.17. The first-order valence-corrected chi connectivity index (χ1v) is 6.46. The molecule has 0 aromatic rings. The monoisotopic (exact) mass is 217 g/mol. The second kappa shape index (κ2) is 3.87. The Labute approximate surface area is 85.0 Å². The smallest absolute Gasteiger partial charge is 0.264 e. The zero-order valence-electron chi connectivity index (χ0n) is 8.49. The van der Waals surface area contributed by atoms with Crippen LogP contribution in [-0.2, 0) is 14.3 Å². The van der Waals surface area contributed by atoms with Gasteiger partial charge in [0.05, 0.1) is 23.8 Å². The van der Waals surface area contributed by atoms with Crippen molar-refractivity contribution in [2.75, 3.05) is 6.26 Å². The van der Waals surface area contributed by atoms with Gasteiger partial charge in [0.25, 0.3) is 10.1 Å². The lowest BCUT2D eigenvalue weighted by Crippen LogP contribution is -2.30. The first-order chi connectivity index (χ1) is 6.35. The summed E-state index contributed by atoms with van der Waals surface area (Å²) in [4.78, 5) is 0. The van der Waals surface area contributed by atoms with Crippen molar-refractivity contribution in [3.63, 3.8) is 0 Å². The van der Waals surface area contributed by atoms with Crippen LogP contribution in [0.1, 0.15) is 32.6 Å². The maximum atomic E-state index is 10.9. The Morgan fingerprint density at radius 1 is 1.57 bits per heavy atom. The van der Waals surface area contributed by atoms with Crippen LogP contribution in [0.4, 0.5) is 0 Å². The molecular weight excluding hydrogens is 202 g/mol. The molecule has 0 aromatic heterocycles. The molecular formula is C9H15NO3S. The van der Waals surface area contributed by atoms with E-state index in [9.17, 15) is 8.42 Å². The van der Waals surface area contributed by atoms with Gasteiger partial charge in [0.2, 0.25) is 0 Å². The Balaban J connectivity index is 2.63. The van der Waals surface area contributed by atoms with E-state index in [0.717, 1.165) is 25.5 Å². The third kappa shape index (κ3) is 3.28. The van der Waals surface area contributed by atoms with E-state index in [-0.39, 0.29) is 6.10 Å². The third-order valence-electron chi connectivity index (χ3n) is 2.51. The zero-order chi connectivity index (χ0) is 10.8. The van der Waals surface area contributed by atoms with Gasteiger partial charge in [-0.1, -0.05) is 0 Å². The van der Waals surface area contributed by atoms with Crippen molar-refractivity contribution in [2.45, 2.75) is 38.7 Å². The SMILES string of the molecule is CC1(C#N)CCCC(OS(C)(=O)=O)C1. The average molecular weight is 217 g/mol. The minimum atomic E-state index is -3.39. The molecule has 1 aliphatic carbocycles. The fraction of sp³-hybridized carbons (Fsp3) is 0.889. The second-order valence-electron chi connectivity index (χ2n) is 4.19. The second-order valence-corrected chi connectivity index (χ2v) is 5.79. The minimum absolute atomic E-state index is 0.316. The van der Waals surface area contributed by atoms with E-state index >= 15 is 0 Å². The van der Waals surface area contributed by atoms with Gasteiger partial charge in [0.1, 0.15) is 0 Å². The highest BCUT2D eigenvalue weighted by atomic mass is 32.2. The Hall–Kier alpha value is -0.600. The highest BCUT2D eigenvalue weighted by Gasteiger charge is 2.34. The maximum Gasteiger partial charge on any atom is 0.264 e. The molecule has 0 aromatic carbocycles. The highest BCUT2D eigenvalue weighted by molar-refractivity contribution is 7.86. The molecule has 0 spiro atoms. The number of hydrogen-bond donors (Lipinski definition) is 0. The van der Waals surface area contributed by atoms with Gasteiger partial charge in [-0.2, -0.15) is 13.7 Å². The fourth-order valence-corrected chi connectivity index (χ4v) is 2.52. The van der Waals surface area contributed by atoms with Gasteiger partial charge in [0.15, 0.2) is 0 Å². The van der Waals surface area contributed by atoms with Gasteiger partial charge in [-0.05, 0) is 32.6 Å². The molecule has 1 saturated carbocycles. The normalized spacial score (nSPS) is 33.6. The fourth-order valence-electron chi connectivity index (χ4n) is 1.86. The summed E-state index contributed by atoms with van der Waals surface area (Å²) in [5.41, 5.74) is -0.423. The molecule has 0 radical (unpaired) electrons.